The lowest BCUT2D eigenvalue weighted by Gasteiger charge is -2.29. The number of aliphatic hydroxyl groups excluding tert-OH is 1. The van der Waals surface area contributed by atoms with E-state index < -0.39 is 16.6 Å². The third-order valence-electron chi connectivity index (χ3n) is 6.70. The molecule has 0 saturated heterocycles. The van der Waals surface area contributed by atoms with Gasteiger partial charge in [-0.1, -0.05) is 22.2 Å². The van der Waals surface area contributed by atoms with Crippen LogP contribution in [0.2, 0.25) is 0 Å². The number of nitrogens with zero attached hydrogens (tertiary/aromatic N) is 4. The summed E-state index contributed by atoms with van der Waals surface area (Å²) in [6, 6.07) is 0. The molecule has 0 aromatic carbocycles. The van der Waals surface area contributed by atoms with Gasteiger partial charge in [-0.2, -0.15) is 0 Å². The summed E-state index contributed by atoms with van der Waals surface area (Å²) in [5.74, 6) is 0.0595. The highest BCUT2D eigenvalue weighted by atomic mass is 16.6. The molecule has 7 N–H and O–H groups in total. The second-order valence-electron chi connectivity index (χ2n) is 10.7. The topological polar surface area (TPSA) is 193 Å². The Morgan fingerprint density at radius 1 is 1.14 bits per heavy atom. The lowest BCUT2D eigenvalue weighted by Crippen LogP contribution is -2.49. The average molecular weight is 527 g/mol. The van der Waals surface area contributed by atoms with Crippen molar-refractivity contribution in [3.63, 3.8) is 0 Å². The van der Waals surface area contributed by atoms with Crippen molar-refractivity contribution in [1.29, 1.82) is 0 Å². The predicted molar refractivity (Wildman–Crippen MR) is 144 cm³/mol. The molecule has 0 aliphatic carbocycles. The Labute approximate surface area is 219 Å². The van der Waals surface area contributed by atoms with Crippen molar-refractivity contribution in [3.8, 4) is 0 Å². The van der Waals surface area contributed by atoms with E-state index in [2.05, 4.69) is 43.2 Å². The minimum atomic E-state index is -0.677. The van der Waals surface area contributed by atoms with Gasteiger partial charge in [0.1, 0.15) is 11.9 Å². The molecule has 0 spiro atoms. The average Bonchev–Trinajstić information content (AvgIpc) is 3.29. The molecule has 0 saturated carbocycles. The highest BCUT2D eigenvalue weighted by Gasteiger charge is 2.26. The van der Waals surface area contributed by atoms with Gasteiger partial charge in [0.05, 0.1) is 28.6 Å². The third-order valence-corrected chi connectivity index (χ3v) is 6.70. The quantitative estimate of drug-likeness (QED) is 0.0466. The van der Waals surface area contributed by atoms with Crippen LogP contribution in [-0.2, 0) is 6.42 Å². The Hall–Kier alpha value is -2.61. The Morgan fingerprint density at radius 2 is 1.78 bits per heavy atom. The summed E-state index contributed by atoms with van der Waals surface area (Å²) >= 11 is 0. The number of H-pyrrole nitrogens is 1. The zero-order valence-corrected chi connectivity index (χ0v) is 23.0. The molecule has 0 amide bonds. The van der Waals surface area contributed by atoms with Gasteiger partial charge >= 0.3 is 5.95 Å². The van der Waals surface area contributed by atoms with E-state index in [-0.39, 0.29) is 17.9 Å². The molecule has 1 rings (SSSR count). The summed E-state index contributed by atoms with van der Waals surface area (Å²) in [4.78, 5) is 16.3. The van der Waals surface area contributed by atoms with Crippen LogP contribution in [0.5, 0.6) is 0 Å². The highest BCUT2D eigenvalue weighted by Crippen LogP contribution is 2.16. The molecule has 13 heteroatoms. The molecular weight excluding hydrogens is 480 g/mol. The normalized spacial score (nSPS) is 15.1. The summed E-state index contributed by atoms with van der Waals surface area (Å²) in [6.07, 6.45) is 4.23. The maximum absolute atomic E-state index is 10.7. The second kappa shape index (κ2) is 15.6. The first-order valence-corrected chi connectivity index (χ1v) is 12.8. The molecule has 13 nitrogen and oxygen atoms in total. The summed E-state index contributed by atoms with van der Waals surface area (Å²) < 4.78 is 0. The van der Waals surface area contributed by atoms with Crippen LogP contribution in [0.3, 0.4) is 0 Å². The maximum Gasteiger partial charge on any atom is 0.432 e. The monoisotopic (exact) mass is 526 g/mol. The van der Waals surface area contributed by atoms with E-state index in [1.165, 1.54) is 6.20 Å². The van der Waals surface area contributed by atoms with Crippen molar-refractivity contribution in [2.45, 2.75) is 90.8 Å². The maximum atomic E-state index is 10.7. The zero-order chi connectivity index (χ0) is 28.1. The van der Waals surface area contributed by atoms with E-state index in [1.54, 1.807) is 6.92 Å². The number of nitro groups is 1. The standard InChI is InChI=1S/C24H46N8O5/c1-17(10-13-25-16-20(33)14-19-15-26-22(29-19)32(36)37)8-9-21(31-35)24(5,6)28-12-7-11-27-23(3,4)18(2)30-34/h15,17,20,25,27-28,33-35H,7-14,16H2,1-6H3,(H,26,29). The Morgan fingerprint density at radius 3 is 2.35 bits per heavy atom. The Bertz CT molecular complexity index is 884. The van der Waals surface area contributed by atoms with Gasteiger partial charge in [-0.15, -0.1) is 0 Å². The molecule has 1 aromatic rings. The molecular formula is C24H46N8O5. The number of aromatic nitrogens is 2. The van der Waals surface area contributed by atoms with Crippen molar-refractivity contribution in [3.05, 3.63) is 22.0 Å². The lowest BCUT2D eigenvalue weighted by atomic mass is 9.90. The van der Waals surface area contributed by atoms with Gasteiger partial charge in [-0.05, 0) is 90.8 Å². The van der Waals surface area contributed by atoms with Crippen LogP contribution in [0.4, 0.5) is 5.95 Å². The van der Waals surface area contributed by atoms with Crippen molar-refractivity contribution >= 4 is 17.4 Å². The number of aliphatic hydroxyl groups is 1. The van der Waals surface area contributed by atoms with E-state index in [9.17, 15) is 20.4 Å². The molecule has 212 valence electrons. The fourth-order valence-electron chi connectivity index (χ4n) is 3.75. The molecule has 37 heavy (non-hydrogen) atoms. The zero-order valence-electron chi connectivity index (χ0n) is 23.0. The van der Waals surface area contributed by atoms with Gasteiger partial charge in [0.15, 0.2) is 0 Å². The lowest BCUT2D eigenvalue weighted by molar-refractivity contribution is -0.393. The second-order valence-corrected chi connectivity index (χ2v) is 10.7. The van der Waals surface area contributed by atoms with Gasteiger partial charge in [-0.3, -0.25) is 0 Å². The minimum Gasteiger partial charge on any atom is -0.411 e. The van der Waals surface area contributed by atoms with Gasteiger partial charge < -0.3 is 41.6 Å². The fraction of sp³-hybridized carbons (Fsp3) is 0.792. The molecule has 2 unspecified atom stereocenters. The number of hydrogen-bond acceptors (Lipinski definition) is 11. The van der Waals surface area contributed by atoms with Crippen LogP contribution in [0, 0.1) is 16.0 Å². The van der Waals surface area contributed by atoms with E-state index in [4.69, 9.17) is 5.21 Å². The van der Waals surface area contributed by atoms with Gasteiger partial charge in [-0.25, -0.2) is 4.98 Å². The van der Waals surface area contributed by atoms with Crippen LogP contribution in [0.25, 0.3) is 0 Å². The van der Waals surface area contributed by atoms with E-state index in [1.807, 2.05) is 27.7 Å². The van der Waals surface area contributed by atoms with Gasteiger partial charge in [0.25, 0.3) is 0 Å². The highest BCUT2D eigenvalue weighted by molar-refractivity contribution is 5.92. The molecule has 0 aliphatic rings. The first-order valence-electron chi connectivity index (χ1n) is 12.8. The number of imidazole rings is 1. The SMILES string of the molecule is CC(=NO)C(C)(C)NCCCNC(C)(C)C(CCC(C)CCNCC(O)Cc1cnc([N+](=O)[O-])[nH]1)=NO. The fourth-order valence-corrected chi connectivity index (χ4v) is 3.75. The number of oxime groups is 2. The minimum absolute atomic E-state index is 0.256. The van der Waals surface area contributed by atoms with Crippen LogP contribution in [-0.4, -0.2) is 85.2 Å². The predicted octanol–water partition coefficient (Wildman–Crippen LogP) is 2.42. The van der Waals surface area contributed by atoms with Gasteiger partial charge in [0, 0.05) is 13.0 Å². The molecule has 2 atom stereocenters. The first kappa shape index (κ1) is 32.4. The number of rotatable bonds is 19. The number of hydrogen-bond donors (Lipinski definition) is 7. The van der Waals surface area contributed by atoms with Crippen molar-refractivity contribution < 1.29 is 20.4 Å². The largest absolute Gasteiger partial charge is 0.432 e. The third kappa shape index (κ3) is 12.0. The van der Waals surface area contributed by atoms with Crippen LogP contribution >= 0.6 is 0 Å². The molecule has 1 heterocycles. The number of nitrogens with one attached hydrogen (secondary N) is 4. The molecule has 1 aromatic heterocycles. The summed E-state index contributed by atoms with van der Waals surface area (Å²) in [7, 11) is 0. The summed E-state index contributed by atoms with van der Waals surface area (Å²) in [5.41, 5.74) is 1.02. The molecule has 0 radical (unpaired) electrons. The van der Waals surface area contributed by atoms with Crippen LogP contribution in [0.1, 0.15) is 72.9 Å². The van der Waals surface area contributed by atoms with E-state index in [0.29, 0.717) is 36.0 Å². The first-order chi connectivity index (χ1) is 17.3. The summed E-state index contributed by atoms with van der Waals surface area (Å²) in [5, 5.41) is 56.3. The van der Waals surface area contributed by atoms with Crippen molar-refractivity contribution in [1.82, 2.24) is 25.9 Å². The van der Waals surface area contributed by atoms with E-state index in [0.717, 1.165) is 38.9 Å². The Kier molecular flexibility index (Phi) is 13.7. The summed E-state index contributed by atoms with van der Waals surface area (Å²) in [6.45, 7) is 14.4. The smallest absolute Gasteiger partial charge is 0.411 e. The van der Waals surface area contributed by atoms with Crippen LogP contribution < -0.4 is 16.0 Å². The molecule has 0 bridgehead atoms. The number of aromatic amines is 1. The Balaban J connectivity index is 2.28. The van der Waals surface area contributed by atoms with Crippen LogP contribution in [0.15, 0.2) is 16.5 Å². The van der Waals surface area contributed by atoms with E-state index >= 15 is 0 Å². The molecule has 0 aliphatic heterocycles. The van der Waals surface area contributed by atoms with Crippen molar-refractivity contribution in [2.24, 2.45) is 16.2 Å². The molecule has 0 fully saturated rings. The van der Waals surface area contributed by atoms with Gasteiger partial charge in [0.2, 0.25) is 0 Å². The van der Waals surface area contributed by atoms with Crippen molar-refractivity contribution in [2.75, 3.05) is 26.2 Å².